The third kappa shape index (κ3) is 2.63. The first kappa shape index (κ1) is 11.6. The van der Waals surface area contributed by atoms with Gasteiger partial charge in [0.25, 0.3) is 0 Å². The second-order valence-corrected chi connectivity index (χ2v) is 3.97. The van der Waals surface area contributed by atoms with Crippen LogP contribution in [0.25, 0.3) is 17.2 Å². The molecule has 17 heavy (non-hydrogen) atoms. The van der Waals surface area contributed by atoms with Gasteiger partial charge >= 0.3 is 0 Å². The van der Waals surface area contributed by atoms with Crippen LogP contribution in [0, 0.1) is 6.92 Å². The summed E-state index contributed by atoms with van der Waals surface area (Å²) in [5.41, 5.74) is 4.86. The monoisotopic (exact) mass is 224 g/mol. The molecule has 0 aliphatic carbocycles. The quantitative estimate of drug-likeness (QED) is 0.843. The molecule has 2 aromatic carbocycles. The smallest absolute Gasteiger partial charge is 0.0615 e. The molecule has 0 radical (unpaired) electrons. The lowest BCUT2D eigenvalue weighted by Gasteiger charge is -2.08. The summed E-state index contributed by atoms with van der Waals surface area (Å²) in [6.45, 7) is 2.19. The Morgan fingerprint density at radius 1 is 1.00 bits per heavy atom. The molecule has 0 fully saturated rings. The van der Waals surface area contributed by atoms with Crippen LogP contribution in [0.5, 0.6) is 0 Å². The fraction of sp³-hybridized carbons (Fsp3) is 0.125. The van der Waals surface area contributed by atoms with Crippen LogP contribution in [-0.2, 0) is 0 Å². The van der Waals surface area contributed by atoms with Gasteiger partial charge in [0, 0.05) is 0 Å². The third-order valence-corrected chi connectivity index (χ3v) is 2.86. The second-order valence-electron chi connectivity index (χ2n) is 3.97. The van der Waals surface area contributed by atoms with Gasteiger partial charge in [0.2, 0.25) is 0 Å². The van der Waals surface area contributed by atoms with E-state index in [0.717, 1.165) is 5.56 Å². The number of aliphatic hydroxyl groups is 1. The van der Waals surface area contributed by atoms with E-state index in [1.807, 2.05) is 30.3 Å². The second kappa shape index (κ2) is 5.46. The van der Waals surface area contributed by atoms with Crippen molar-refractivity contribution in [2.24, 2.45) is 0 Å². The van der Waals surface area contributed by atoms with Gasteiger partial charge in [-0.1, -0.05) is 60.7 Å². The zero-order valence-corrected chi connectivity index (χ0v) is 9.93. The van der Waals surface area contributed by atoms with Gasteiger partial charge in [-0.3, -0.25) is 0 Å². The number of aliphatic hydroxyl groups excluding tert-OH is 1. The predicted octanol–water partition coefficient (Wildman–Crippen LogP) is 3.67. The summed E-state index contributed by atoms with van der Waals surface area (Å²) in [5, 5.41) is 8.82. The molecule has 0 aliphatic heterocycles. The number of hydrogen-bond acceptors (Lipinski definition) is 1. The molecule has 0 saturated carbocycles. The number of hydrogen-bond donors (Lipinski definition) is 1. The van der Waals surface area contributed by atoms with Gasteiger partial charge in [0.05, 0.1) is 6.61 Å². The van der Waals surface area contributed by atoms with Crippen molar-refractivity contribution in [3.05, 3.63) is 65.7 Å². The van der Waals surface area contributed by atoms with Crippen LogP contribution >= 0.6 is 0 Å². The van der Waals surface area contributed by atoms with E-state index in [2.05, 4.69) is 31.2 Å². The zero-order valence-electron chi connectivity index (χ0n) is 9.93. The Bertz CT molecular complexity index is 512. The van der Waals surface area contributed by atoms with Gasteiger partial charge in [-0.05, 0) is 29.2 Å². The molecule has 0 spiro atoms. The normalized spacial score (nSPS) is 10.9. The van der Waals surface area contributed by atoms with Gasteiger partial charge in [-0.15, -0.1) is 0 Å². The Morgan fingerprint density at radius 2 is 1.76 bits per heavy atom. The minimum atomic E-state index is 0.0784. The van der Waals surface area contributed by atoms with Crippen LogP contribution in [0.15, 0.2) is 54.6 Å². The summed E-state index contributed by atoms with van der Waals surface area (Å²) in [6, 6.07) is 16.6. The van der Waals surface area contributed by atoms with Crippen LogP contribution in [0.2, 0.25) is 0 Å². The van der Waals surface area contributed by atoms with Crippen molar-refractivity contribution >= 4 is 6.08 Å². The molecule has 1 nitrogen and oxygen atoms in total. The minimum absolute atomic E-state index is 0.0784. The molecule has 86 valence electrons. The highest BCUT2D eigenvalue weighted by molar-refractivity contribution is 5.72. The molecule has 0 saturated heterocycles. The van der Waals surface area contributed by atoms with Crippen molar-refractivity contribution in [1.82, 2.24) is 0 Å². The summed E-state index contributed by atoms with van der Waals surface area (Å²) in [7, 11) is 0. The summed E-state index contributed by atoms with van der Waals surface area (Å²) >= 11 is 0. The van der Waals surface area contributed by atoms with E-state index in [1.54, 1.807) is 6.08 Å². The van der Waals surface area contributed by atoms with E-state index in [0.29, 0.717) is 0 Å². The van der Waals surface area contributed by atoms with E-state index < -0.39 is 0 Å². The Hall–Kier alpha value is -1.86. The van der Waals surface area contributed by atoms with Crippen molar-refractivity contribution in [1.29, 1.82) is 0 Å². The molecule has 0 amide bonds. The Balaban J connectivity index is 2.46. The van der Waals surface area contributed by atoms with E-state index in [-0.39, 0.29) is 6.61 Å². The predicted molar refractivity (Wildman–Crippen MR) is 72.7 cm³/mol. The first-order chi connectivity index (χ1) is 8.33. The molecule has 0 atom stereocenters. The zero-order chi connectivity index (χ0) is 12.1. The Kier molecular flexibility index (Phi) is 3.73. The fourth-order valence-electron chi connectivity index (χ4n) is 1.94. The van der Waals surface area contributed by atoms with E-state index >= 15 is 0 Å². The Labute approximate surface area is 102 Å². The molecule has 1 heteroatoms. The van der Waals surface area contributed by atoms with Gasteiger partial charge in [-0.2, -0.15) is 0 Å². The molecule has 2 aromatic rings. The largest absolute Gasteiger partial charge is 0.392 e. The highest BCUT2D eigenvalue weighted by atomic mass is 16.2. The molecule has 0 heterocycles. The van der Waals surface area contributed by atoms with Crippen LogP contribution in [0.1, 0.15) is 11.1 Å². The SMILES string of the molecule is Cc1c(/C=C/CO)cccc1-c1ccccc1. The molecule has 0 aliphatic rings. The van der Waals surface area contributed by atoms with Crippen LogP contribution in [0.3, 0.4) is 0 Å². The maximum absolute atomic E-state index is 8.82. The van der Waals surface area contributed by atoms with Crippen molar-refractivity contribution in [3.8, 4) is 11.1 Å². The van der Waals surface area contributed by atoms with Crippen LogP contribution in [0.4, 0.5) is 0 Å². The maximum atomic E-state index is 8.82. The van der Waals surface area contributed by atoms with Gasteiger partial charge in [0.15, 0.2) is 0 Å². The van der Waals surface area contributed by atoms with Gasteiger partial charge < -0.3 is 5.11 Å². The molecule has 0 unspecified atom stereocenters. The van der Waals surface area contributed by atoms with E-state index in [4.69, 9.17) is 5.11 Å². The molecule has 0 bridgehead atoms. The van der Waals surface area contributed by atoms with E-state index in [1.165, 1.54) is 16.7 Å². The fourth-order valence-corrected chi connectivity index (χ4v) is 1.94. The van der Waals surface area contributed by atoms with Crippen LogP contribution in [-0.4, -0.2) is 11.7 Å². The maximum Gasteiger partial charge on any atom is 0.0615 e. The first-order valence-corrected chi connectivity index (χ1v) is 5.75. The number of rotatable bonds is 3. The number of benzene rings is 2. The lowest BCUT2D eigenvalue weighted by atomic mass is 9.96. The summed E-state index contributed by atoms with van der Waals surface area (Å²) in [5.74, 6) is 0. The van der Waals surface area contributed by atoms with Crippen LogP contribution < -0.4 is 0 Å². The lowest BCUT2D eigenvalue weighted by molar-refractivity contribution is 0.343. The first-order valence-electron chi connectivity index (χ1n) is 5.75. The Morgan fingerprint density at radius 3 is 2.47 bits per heavy atom. The van der Waals surface area contributed by atoms with Crippen molar-refractivity contribution in [2.75, 3.05) is 6.61 Å². The molecular formula is C16H16O. The summed E-state index contributed by atoms with van der Waals surface area (Å²) < 4.78 is 0. The van der Waals surface area contributed by atoms with E-state index in [9.17, 15) is 0 Å². The molecule has 0 aromatic heterocycles. The molecule has 2 rings (SSSR count). The third-order valence-electron chi connectivity index (χ3n) is 2.86. The topological polar surface area (TPSA) is 20.2 Å². The summed E-state index contributed by atoms with van der Waals surface area (Å²) in [4.78, 5) is 0. The van der Waals surface area contributed by atoms with Crippen molar-refractivity contribution in [3.63, 3.8) is 0 Å². The average Bonchev–Trinajstić information content (AvgIpc) is 2.39. The highest BCUT2D eigenvalue weighted by Gasteiger charge is 2.03. The van der Waals surface area contributed by atoms with Gasteiger partial charge in [-0.25, -0.2) is 0 Å². The molecular weight excluding hydrogens is 208 g/mol. The highest BCUT2D eigenvalue weighted by Crippen LogP contribution is 2.25. The summed E-state index contributed by atoms with van der Waals surface area (Å²) in [6.07, 6.45) is 3.72. The average molecular weight is 224 g/mol. The van der Waals surface area contributed by atoms with Crippen molar-refractivity contribution < 1.29 is 5.11 Å². The van der Waals surface area contributed by atoms with Crippen molar-refractivity contribution in [2.45, 2.75) is 6.92 Å². The van der Waals surface area contributed by atoms with Gasteiger partial charge in [0.1, 0.15) is 0 Å². The standard InChI is InChI=1S/C16H16O/c1-13-14(10-6-12-17)9-5-11-16(13)15-7-3-2-4-8-15/h2-11,17H,12H2,1H3/b10-6+. The molecule has 1 N–H and O–H groups in total. The lowest BCUT2D eigenvalue weighted by Crippen LogP contribution is -1.87. The minimum Gasteiger partial charge on any atom is -0.392 e.